The van der Waals surface area contributed by atoms with E-state index >= 15 is 0 Å². The topological polar surface area (TPSA) is 58.6 Å². The summed E-state index contributed by atoms with van der Waals surface area (Å²) in [6.07, 6.45) is 1.49. The van der Waals surface area contributed by atoms with Crippen molar-refractivity contribution in [2.45, 2.75) is 32.7 Å². The van der Waals surface area contributed by atoms with Crippen molar-refractivity contribution in [1.29, 1.82) is 0 Å². The number of hydrogen-bond donors (Lipinski definition) is 1. The first-order valence-electron chi connectivity index (χ1n) is 9.47. The number of aryl methyl sites for hydroxylation is 1. The molecule has 0 spiro atoms. The predicted octanol–water partition coefficient (Wildman–Crippen LogP) is 3.87. The number of nitrogens with zero attached hydrogens (tertiary/aromatic N) is 1. The molecule has 1 N–H and O–H groups in total. The molecular formula is C22H25BrN2O3. The highest BCUT2D eigenvalue weighted by Crippen LogP contribution is 2.21. The fourth-order valence-corrected chi connectivity index (χ4v) is 3.68. The lowest BCUT2D eigenvalue weighted by atomic mass is 10.0. The molecule has 0 radical (unpaired) electrons. The molecule has 5 nitrogen and oxygen atoms in total. The van der Waals surface area contributed by atoms with Crippen LogP contribution in [0.3, 0.4) is 0 Å². The average molecular weight is 445 g/mol. The maximum Gasteiger partial charge on any atom is 0.260 e. The fraction of sp³-hybridized carbons (Fsp3) is 0.364. The van der Waals surface area contributed by atoms with Gasteiger partial charge in [0.05, 0.1) is 0 Å². The highest BCUT2D eigenvalue weighted by atomic mass is 79.9. The summed E-state index contributed by atoms with van der Waals surface area (Å²) in [5, 5.41) is 3.06. The Morgan fingerprint density at radius 2 is 1.86 bits per heavy atom. The smallest absolute Gasteiger partial charge is 0.260 e. The van der Waals surface area contributed by atoms with E-state index in [0.29, 0.717) is 18.7 Å². The lowest BCUT2D eigenvalue weighted by Gasteiger charge is -2.32. The van der Waals surface area contributed by atoms with Gasteiger partial charge in [0.2, 0.25) is 0 Å². The Morgan fingerprint density at radius 3 is 2.57 bits per heavy atom. The van der Waals surface area contributed by atoms with E-state index in [4.69, 9.17) is 4.74 Å². The van der Waals surface area contributed by atoms with Gasteiger partial charge in [-0.2, -0.15) is 0 Å². The van der Waals surface area contributed by atoms with Crippen LogP contribution in [-0.2, 0) is 4.79 Å². The van der Waals surface area contributed by atoms with Gasteiger partial charge in [0, 0.05) is 29.2 Å². The quantitative estimate of drug-likeness (QED) is 0.761. The van der Waals surface area contributed by atoms with Gasteiger partial charge < -0.3 is 15.0 Å². The molecule has 148 valence electrons. The van der Waals surface area contributed by atoms with Crippen LogP contribution < -0.4 is 10.1 Å². The SMILES string of the molecule is Cc1cccc(OCC(=O)N2CCC(NC(=O)c3cccc(Br)c3)CC2)c1C. The number of benzene rings is 2. The summed E-state index contributed by atoms with van der Waals surface area (Å²) in [5.41, 5.74) is 2.84. The lowest BCUT2D eigenvalue weighted by Crippen LogP contribution is -2.47. The fourth-order valence-electron chi connectivity index (χ4n) is 3.28. The van der Waals surface area contributed by atoms with Gasteiger partial charge in [-0.15, -0.1) is 0 Å². The van der Waals surface area contributed by atoms with Gasteiger partial charge in [0.1, 0.15) is 5.75 Å². The van der Waals surface area contributed by atoms with Crippen LogP contribution in [0.4, 0.5) is 0 Å². The number of likely N-dealkylation sites (tertiary alicyclic amines) is 1. The molecule has 1 aliphatic heterocycles. The molecule has 3 rings (SSSR count). The van der Waals surface area contributed by atoms with Crippen LogP contribution in [0.2, 0.25) is 0 Å². The second kappa shape index (κ2) is 9.24. The van der Waals surface area contributed by atoms with Gasteiger partial charge >= 0.3 is 0 Å². The molecule has 0 aromatic heterocycles. The van der Waals surface area contributed by atoms with Gasteiger partial charge in [0.15, 0.2) is 6.61 Å². The monoisotopic (exact) mass is 444 g/mol. The van der Waals surface area contributed by atoms with Crippen molar-refractivity contribution >= 4 is 27.7 Å². The van der Waals surface area contributed by atoms with Gasteiger partial charge in [-0.1, -0.05) is 34.1 Å². The number of piperidine rings is 1. The molecule has 2 aromatic carbocycles. The third-order valence-electron chi connectivity index (χ3n) is 5.18. The normalized spacial score (nSPS) is 14.6. The maximum absolute atomic E-state index is 12.5. The Balaban J connectivity index is 1.46. The van der Waals surface area contributed by atoms with Crippen molar-refractivity contribution in [1.82, 2.24) is 10.2 Å². The second-order valence-corrected chi connectivity index (χ2v) is 8.04. The third kappa shape index (κ3) is 5.13. The van der Waals surface area contributed by atoms with Gasteiger partial charge in [-0.05, 0) is 62.1 Å². The summed E-state index contributed by atoms with van der Waals surface area (Å²) in [7, 11) is 0. The van der Waals surface area contributed by atoms with E-state index in [-0.39, 0.29) is 24.5 Å². The summed E-state index contributed by atoms with van der Waals surface area (Å²) in [6, 6.07) is 13.3. The molecule has 0 saturated carbocycles. The number of ether oxygens (including phenoxy) is 1. The van der Waals surface area contributed by atoms with Crippen molar-refractivity contribution in [2.75, 3.05) is 19.7 Å². The molecule has 0 unspecified atom stereocenters. The van der Waals surface area contributed by atoms with Crippen molar-refractivity contribution in [3.63, 3.8) is 0 Å². The molecule has 0 atom stereocenters. The molecule has 0 bridgehead atoms. The zero-order valence-corrected chi connectivity index (χ0v) is 17.8. The van der Waals surface area contributed by atoms with Gasteiger partial charge in [-0.3, -0.25) is 9.59 Å². The van der Waals surface area contributed by atoms with E-state index in [1.54, 1.807) is 12.1 Å². The summed E-state index contributed by atoms with van der Waals surface area (Å²) in [5.74, 6) is 0.659. The number of rotatable bonds is 5. The molecule has 1 fully saturated rings. The van der Waals surface area contributed by atoms with Crippen LogP contribution >= 0.6 is 15.9 Å². The Morgan fingerprint density at radius 1 is 1.14 bits per heavy atom. The van der Waals surface area contributed by atoms with Crippen LogP contribution in [0.1, 0.15) is 34.3 Å². The van der Waals surface area contributed by atoms with E-state index in [2.05, 4.69) is 21.2 Å². The minimum absolute atomic E-state index is 0.0160. The minimum Gasteiger partial charge on any atom is -0.483 e. The van der Waals surface area contributed by atoms with E-state index in [0.717, 1.165) is 34.2 Å². The summed E-state index contributed by atoms with van der Waals surface area (Å²) >= 11 is 3.38. The van der Waals surface area contributed by atoms with Crippen molar-refractivity contribution in [3.05, 3.63) is 63.6 Å². The Bertz CT molecular complexity index is 861. The molecule has 1 heterocycles. The van der Waals surface area contributed by atoms with E-state index in [1.807, 2.05) is 49.1 Å². The molecule has 6 heteroatoms. The number of hydrogen-bond acceptors (Lipinski definition) is 3. The van der Waals surface area contributed by atoms with Crippen LogP contribution in [0.5, 0.6) is 5.75 Å². The van der Waals surface area contributed by atoms with Crippen LogP contribution in [0.15, 0.2) is 46.9 Å². The number of carbonyl (C=O) groups is 2. The Kier molecular flexibility index (Phi) is 6.73. The Labute approximate surface area is 174 Å². The third-order valence-corrected chi connectivity index (χ3v) is 5.67. The Hall–Kier alpha value is -2.34. The lowest BCUT2D eigenvalue weighted by molar-refractivity contribution is -0.134. The molecule has 2 amide bonds. The molecule has 2 aromatic rings. The van der Waals surface area contributed by atoms with E-state index in [1.165, 1.54) is 0 Å². The standard InChI is InChI=1S/C22H25BrN2O3/c1-15-5-3-8-20(16(15)2)28-14-21(26)25-11-9-19(10-12-25)24-22(27)17-6-4-7-18(23)13-17/h3-8,13,19H,9-12,14H2,1-2H3,(H,24,27). The van der Waals surface area contributed by atoms with Gasteiger partial charge in [-0.25, -0.2) is 0 Å². The van der Waals surface area contributed by atoms with E-state index in [9.17, 15) is 9.59 Å². The highest BCUT2D eigenvalue weighted by molar-refractivity contribution is 9.10. The number of amides is 2. The first kappa shape index (κ1) is 20.4. The van der Waals surface area contributed by atoms with Crippen LogP contribution in [0.25, 0.3) is 0 Å². The van der Waals surface area contributed by atoms with E-state index < -0.39 is 0 Å². The van der Waals surface area contributed by atoms with Crippen molar-refractivity contribution in [2.24, 2.45) is 0 Å². The zero-order chi connectivity index (χ0) is 20.1. The van der Waals surface area contributed by atoms with Crippen molar-refractivity contribution in [3.8, 4) is 5.75 Å². The summed E-state index contributed by atoms with van der Waals surface area (Å²) in [4.78, 5) is 26.6. The molecule has 0 aliphatic carbocycles. The molecule has 1 aliphatic rings. The first-order valence-corrected chi connectivity index (χ1v) is 10.3. The van der Waals surface area contributed by atoms with Crippen molar-refractivity contribution < 1.29 is 14.3 Å². The molecule has 1 saturated heterocycles. The predicted molar refractivity (Wildman–Crippen MR) is 113 cm³/mol. The van der Waals surface area contributed by atoms with Gasteiger partial charge in [0.25, 0.3) is 11.8 Å². The molecular weight excluding hydrogens is 420 g/mol. The second-order valence-electron chi connectivity index (χ2n) is 7.13. The number of nitrogens with one attached hydrogen (secondary N) is 1. The molecule has 28 heavy (non-hydrogen) atoms. The zero-order valence-electron chi connectivity index (χ0n) is 16.2. The number of halogens is 1. The van der Waals surface area contributed by atoms with Crippen LogP contribution in [0, 0.1) is 13.8 Å². The average Bonchev–Trinajstić information content (AvgIpc) is 2.69. The highest BCUT2D eigenvalue weighted by Gasteiger charge is 2.24. The maximum atomic E-state index is 12.5. The largest absolute Gasteiger partial charge is 0.483 e. The summed E-state index contributed by atoms with van der Waals surface area (Å²) in [6.45, 7) is 5.31. The minimum atomic E-state index is -0.0793. The van der Waals surface area contributed by atoms with Crippen LogP contribution in [-0.4, -0.2) is 42.5 Å². The summed E-state index contributed by atoms with van der Waals surface area (Å²) < 4.78 is 6.61. The number of carbonyl (C=O) groups excluding carboxylic acids is 2. The first-order chi connectivity index (χ1) is 13.4.